The van der Waals surface area contributed by atoms with Crippen LogP contribution < -0.4 is 15.5 Å². The number of ether oxygens (including phenoxy) is 3. The topological polar surface area (TPSA) is 138 Å². The van der Waals surface area contributed by atoms with E-state index >= 15 is 0 Å². The van der Waals surface area contributed by atoms with E-state index in [4.69, 9.17) is 19.0 Å². The third kappa shape index (κ3) is 7.88. The van der Waals surface area contributed by atoms with Crippen LogP contribution in [0.15, 0.2) is 34.3 Å². The van der Waals surface area contributed by atoms with Gasteiger partial charge in [0.05, 0.1) is 26.2 Å². The summed E-state index contributed by atoms with van der Waals surface area (Å²) in [6.07, 6.45) is 7.10. The maximum atomic E-state index is 14.3. The molecule has 12 nitrogen and oxygen atoms in total. The Morgan fingerprint density at radius 1 is 1.14 bits per heavy atom. The number of methoxy groups -OCH3 is 1. The number of unbranched alkanes of at least 4 members (excludes halogenated alkanes) is 4. The predicted octanol–water partition coefficient (Wildman–Crippen LogP) is 5.87. The number of hydrogen-bond acceptors (Lipinski definition) is 9. The van der Waals surface area contributed by atoms with E-state index in [-0.39, 0.29) is 43.4 Å². The molecular formula is C35H44F2N4O8. The molecule has 266 valence electrons. The van der Waals surface area contributed by atoms with Crippen LogP contribution in [0.25, 0.3) is 0 Å². The molecule has 2 bridgehead atoms. The average molecular weight is 687 g/mol. The lowest BCUT2D eigenvalue weighted by Gasteiger charge is -2.41. The predicted molar refractivity (Wildman–Crippen MR) is 174 cm³/mol. The second-order valence-corrected chi connectivity index (χ2v) is 13.4. The minimum atomic E-state index is -1.19. The Bertz CT molecular complexity index is 1660. The second-order valence-electron chi connectivity index (χ2n) is 13.4. The quantitative estimate of drug-likeness (QED) is 0.216. The van der Waals surface area contributed by atoms with E-state index in [1.165, 1.54) is 23.9 Å². The molecule has 0 aliphatic carbocycles. The lowest BCUT2D eigenvalue weighted by atomic mass is 9.85. The molecule has 1 aromatic heterocycles. The lowest BCUT2D eigenvalue weighted by Crippen LogP contribution is -2.52. The number of benzene rings is 1. The van der Waals surface area contributed by atoms with E-state index in [0.717, 1.165) is 38.2 Å². The summed E-state index contributed by atoms with van der Waals surface area (Å²) in [7, 11) is 1.47. The van der Waals surface area contributed by atoms with E-state index < -0.39 is 58.0 Å². The van der Waals surface area contributed by atoms with Gasteiger partial charge in [-0.1, -0.05) is 57.2 Å². The smallest absolute Gasteiger partial charge is 0.482 e. The van der Waals surface area contributed by atoms with Crippen LogP contribution in [0.2, 0.25) is 0 Å². The van der Waals surface area contributed by atoms with E-state index in [1.807, 2.05) is 6.92 Å². The minimum absolute atomic E-state index is 0.0149. The number of halogens is 2. The Morgan fingerprint density at radius 3 is 2.61 bits per heavy atom. The van der Waals surface area contributed by atoms with Crippen LogP contribution in [-0.2, 0) is 20.9 Å². The monoisotopic (exact) mass is 686 g/mol. The molecule has 2 aromatic rings. The summed E-state index contributed by atoms with van der Waals surface area (Å²) in [6, 6.07) is 1.97. The largest absolute Gasteiger partial charge is 0.514 e. The molecule has 1 aromatic carbocycles. The third-order valence-corrected chi connectivity index (χ3v) is 9.53. The summed E-state index contributed by atoms with van der Waals surface area (Å²) in [6.45, 7) is 6.09. The number of hydrogen-bond donors (Lipinski definition) is 1. The van der Waals surface area contributed by atoms with E-state index in [1.54, 1.807) is 4.90 Å². The number of carbonyl (C=O) groups excluding carboxylic acids is 3. The molecule has 1 fully saturated rings. The normalized spacial score (nSPS) is 21.2. The first kappa shape index (κ1) is 35.8. The molecule has 3 aliphatic heterocycles. The van der Waals surface area contributed by atoms with Gasteiger partial charge < -0.3 is 33.8 Å². The average Bonchev–Trinajstić information content (AvgIpc) is 3.44. The first-order chi connectivity index (χ1) is 23.4. The zero-order valence-corrected chi connectivity index (χ0v) is 28.4. The number of fused-ring (bicyclic) bond motifs is 5. The zero-order chi connectivity index (χ0) is 35.3. The summed E-state index contributed by atoms with van der Waals surface area (Å²) in [5, 5.41) is 6.58. The van der Waals surface area contributed by atoms with Gasteiger partial charge in [-0.3, -0.25) is 14.4 Å². The summed E-state index contributed by atoms with van der Waals surface area (Å²) in [5.74, 6) is -2.80. The number of amides is 2. The molecule has 14 heteroatoms. The zero-order valence-electron chi connectivity index (χ0n) is 28.4. The fourth-order valence-electron chi connectivity index (χ4n) is 6.66. The highest BCUT2D eigenvalue weighted by molar-refractivity contribution is 6.00. The highest BCUT2D eigenvalue weighted by Crippen LogP contribution is 2.46. The molecule has 1 N–H and O–H groups in total. The molecule has 2 amide bonds. The first-order valence-corrected chi connectivity index (χ1v) is 16.9. The molecular weight excluding hydrogens is 642 g/mol. The molecule has 3 aliphatic rings. The number of nitrogens with one attached hydrogen (secondary N) is 1. The molecule has 49 heavy (non-hydrogen) atoms. The van der Waals surface area contributed by atoms with Crippen molar-refractivity contribution >= 4 is 23.9 Å². The van der Waals surface area contributed by atoms with Crippen molar-refractivity contribution in [1.82, 2.24) is 14.8 Å². The van der Waals surface area contributed by atoms with Crippen molar-refractivity contribution in [2.75, 3.05) is 20.3 Å². The van der Waals surface area contributed by atoms with E-state index in [9.17, 15) is 28.0 Å². The van der Waals surface area contributed by atoms with Crippen LogP contribution in [0.5, 0.6) is 5.75 Å². The maximum absolute atomic E-state index is 14.3. The lowest BCUT2D eigenvalue weighted by molar-refractivity contribution is -0.0655. The number of nitrogens with zero attached hydrogens (tertiary/aromatic N) is 3. The standard InChI is InChI=1S/C35H44F2N4O8/c1-21(2)10-8-6-5-7-9-15-47-34(45)48-31-29-33(44)40-20-27(35(14-13-22(40)3)17-28(46-4)39-49-35)41(29)19-25(30(31)42)32(43)38-18-23-11-12-24(36)16-26(23)37/h11-12,16,19,21-22,27H,5-10,13-15,17-18,20H2,1-4H3,(H,38,43)/t22-,27+,35-/m0/s1. The van der Waals surface area contributed by atoms with Gasteiger partial charge in [0.1, 0.15) is 17.2 Å². The molecule has 0 unspecified atom stereocenters. The van der Waals surface area contributed by atoms with Gasteiger partial charge in [-0.2, -0.15) is 0 Å². The Kier molecular flexibility index (Phi) is 11.2. The van der Waals surface area contributed by atoms with Crippen LogP contribution in [0.1, 0.15) is 111 Å². The number of pyridine rings is 1. The van der Waals surface area contributed by atoms with Crippen molar-refractivity contribution in [3.63, 3.8) is 0 Å². The minimum Gasteiger partial charge on any atom is -0.482 e. The maximum Gasteiger partial charge on any atom is 0.514 e. The number of oxime groups is 1. The Labute approximate surface area is 283 Å². The Hall–Kier alpha value is -4.49. The Balaban J connectivity index is 1.44. The van der Waals surface area contributed by atoms with E-state index in [2.05, 4.69) is 24.3 Å². The molecule has 0 saturated carbocycles. The van der Waals surface area contributed by atoms with Crippen molar-refractivity contribution < 1.29 is 42.2 Å². The fourth-order valence-corrected chi connectivity index (χ4v) is 6.66. The van der Waals surface area contributed by atoms with Crippen molar-refractivity contribution in [1.29, 1.82) is 0 Å². The van der Waals surface area contributed by atoms with Gasteiger partial charge >= 0.3 is 6.16 Å². The van der Waals surface area contributed by atoms with Crippen LogP contribution in [0.4, 0.5) is 13.6 Å². The van der Waals surface area contributed by atoms with E-state index in [0.29, 0.717) is 37.1 Å². The van der Waals surface area contributed by atoms with Crippen LogP contribution in [-0.4, -0.2) is 65.2 Å². The van der Waals surface area contributed by atoms with Crippen LogP contribution in [0, 0.1) is 17.6 Å². The molecule has 1 spiro atoms. The third-order valence-electron chi connectivity index (χ3n) is 9.53. The van der Waals surface area contributed by atoms with Crippen LogP contribution in [0.3, 0.4) is 0 Å². The summed E-state index contributed by atoms with van der Waals surface area (Å²) < 4.78 is 45.4. The van der Waals surface area contributed by atoms with Gasteiger partial charge in [-0.05, 0) is 38.2 Å². The summed E-state index contributed by atoms with van der Waals surface area (Å²) in [5.41, 5.74) is -2.74. The SMILES string of the molecule is COC1=NO[C@@]2(CC[C@H](C)N3C[C@H]2n2cc(C(=O)NCc4ccc(F)cc4F)c(=O)c(OC(=O)OCCCCCCCC(C)C)c2C3=O)C1. The van der Waals surface area contributed by atoms with Gasteiger partial charge in [-0.15, -0.1) is 0 Å². The van der Waals surface area contributed by atoms with Gasteiger partial charge in [0.15, 0.2) is 11.3 Å². The van der Waals surface area contributed by atoms with Gasteiger partial charge in [0, 0.05) is 37.0 Å². The van der Waals surface area contributed by atoms with Crippen molar-refractivity contribution in [2.45, 2.75) is 103 Å². The molecule has 1 saturated heterocycles. The van der Waals surface area contributed by atoms with Gasteiger partial charge in [0.2, 0.25) is 17.1 Å². The molecule has 5 rings (SSSR count). The number of carbonyl (C=O) groups is 3. The van der Waals surface area contributed by atoms with Gasteiger partial charge in [0.25, 0.3) is 11.8 Å². The van der Waals surface area contributed by atoms with Crippen molar-refractivity contribution in [2.24, 2.45) is 11.1 Å². The Morgan fingerprint density at radius 2 is 1.90 bits per heavy atom. The highest BCUT2D eigenvalue weighted by Gasteiger charge is 2.55. The molecule has 4 heterocycles. The number of aromatic nitrogens is 1. The summed E-state index contributed by atoms with van der Waals surface area (Å²) >= 11 is 0. The van der Waals surface area contributed by atoms with Crippen molar-refractivity contribution in [3.8, 4) is 5.75 Å². The first-order valence-electron chi connectivity index (χ1n) is 16.9. The van der Waals surface area contributed by atoms with Crippen LogP contribution >= 0.6 is 0 Å². The second kappa shape index (κ2) is 15.4. The molecule has 3 atom stereocenters. The number of rotatable bonds is 12. The molecule has 0 radical (unpaired) electrons. The fraction of sp³-hybridized carbons (Fsp3) is 0.571. The van der Waals surface area contributed by atoms with Crippen molar-refractivity contribution in [3.05, 3.63) is 63.1 Å². The van der Waals surface area contributed by atoms with Gasteiger partial charge in [-0.25, -0.2) is 13.6 Å². The highest BCUT2D eigenvalue weighted by atomic mass is 19.1. The summed E-state index contributed by atoms with van der Waals surface area (Å²) in [4.78, 5) is 62.1.